The molecule has 136 valence electrons. The summed E-state index contributed by atoms with van der Waals surface area (Å²) in [4.78, 5) is 12.7. The van der Waals surface area contributed by atoms with Crippen LogP contribution in [-0.2, 0) is 14.1 Å². The number of rotatable bonds is 11. The lowest BCUT2D eigenvalue weighted by Crippen LogP contribution is -2.57. The molecule has 0 fully saturated rings. The Hall–Kier alpha value is -0.430. The monoisotopic (exact) mass is 351 g/mol. The lowest BCUT2D eigenvalue weighted by Gasteiger charge is -2.31. The van der Waals surface area contributed by atoms with E-state index in [0.717, 1.165) is 0 Å². The Bertz CT molecular complexity index is 397. The van der Waals surface area contributed by atoms with Gasteiger partial charge in [-0.25, -0.2) is 0 Å². The summed E-state index contributed by atoms with van der Waals surface area (Å²) in [5, 5.41) is 18.3. The fraction of sp³-hybridized carbons (Fsp3) is 0.933. The van der Waals surface area contributed by atoms with Crippen LogP contribution < -0.4 is 5.73 Å². The van der Waals surface area contributed by atoms with E-state index < -0.39 is 37.8 Å². The van der Waals surface area contributed by atoms with Gasteiger partial charge < -0.3 is 20.7 Å². The molecule has 0 saturated heterocycles. The van der Waals surface area contributed by atoms with Gasteiger partial charge in [0, 0.05) is 18.7 Å². The first-order chi connectivity index (χ1) is 10.6. The van der Waals surface area contributed by atoms with Crippen LogP contribution in [0.25, 0.3) is 0 Å². The molecule has 0 heterocycles. The van der Waals surface area contributed by atoms with Crippen molar-refractivity contribution in [3.63, 3.8) is 0 Å². The SMILES string of the molecule is CCOC(CO)C(O)(C(=O)C(N)CC)[P+](=O)N(C(C)C)C(C)C. The lowest BCUT2D eigenvalue weighted by molar-refractivity contribution is -0.147. The van der Waals surface area contributed by atoms with E-state index in [4.69, 9.17) is 10.5 Å². The van der Waals surface area contributed by atoms with Gasteiger partial charge in [0.05, 0.1) is 12.6 Å². The van der Waals surface area contributed by atoms with Gasteiger partial charge in [-0.3, -0.25) is 4.79 Å². The van der Waals surface area contributed by atoms with Crippen molar-refractivity contribution in [2.45, 2.75) is 77.5 Å². The summed E-state index contributed by atoms with van der Waals surface area (Å²) < 4.78 is 20.0. The average molecular weight is 351 g/mol. The van der Waals surface area contributed by atoms with Gasteiger partial charge in [0.1, 0.15) is 0 Å². The average Bonchev–Trinajstić information content (AvgIpc) is 2.49. The van der Waals surface area contributed by atoms with Crippen molar-refractivity contribution in [2.24, 2.45) is 5.73 Å². The highest BCUT2D eigenvalue weighted by Gasteiger charge is 2.65. The fourth-order valence-electron chi connectivity index (χ4n) is 2.52. The molecule has 0 aliphatic carbocycles. The molecular formula is C15H32N2O5P+. The number of Topliss-reactive ketones (excluding diaryl/α,β-unsaturated/α-hetero) is 1. The number of carbonyl (C=O) groups is 1. The van der Waals surface area contributed by atoms with Crippen LogP contribution in [0.3, 0.4) is 0 Å². The largest absolute Gasteiger partial charge is 0.482 e. The molecule has 8 heteroatoms. The van der Waals surface area contributed by atoms with Gasteiger partial charge in [0.15, 0.2) is 6.10 Å². The minimum atomic E-state index is -2.58. The van der Waals surface area contributed by atoms with Crippen LogP contribution >= 0.6 is 7.95 Å². The van der Waals surface area contributed by atoms with E-state index in [1.165, 1.54) is 0 Å². The van der Waals surface area contributed by atoms with Crippen molar-refractivity contribution < 1.29 is 24.3 Å². The molecule has 23 heavy (non-hydrogen) atoms. The number of ether oxygens (including phenoxy) is 1. The molecule has 0 amide bonds. The lowest BCUT2D eigenvalue weighted by atomic mass is 10.0. The topological polar surface area (TPSA) is 113 Å². The number of nitrogens with zero attached hydrogens (tertiary/aromatic N) is 1. The van der Waals surface area contributed by atoms with Gasteiger partial charge in [-0.05, 0) is 45.6 Å². The highest BCUT2D eigenvalue weighted by Crippen LogP contribution is 2.47. The predicted molar refractivity (Wildman–Crippen MR) is 90.4 cm³/mol. The Kier molecular flexibility index (Phi) is 9.58. The maximum Gasteiger partial charge on any atom is 0.482 e. The van der Waals surface area contributed by atoms with E-state index >= 15 is 0 Å². The number of ketones is 1. The van der Waals surface area contributed by atoms with E-state index in [0.29, 0.717) is 0 Å². The van der Waals surface area contributed by atoms with Crippen molar-refractivity contribution in [2.75, 3.05) is 13.2 Å². The van der Waals surface area contributed by atoms with Crippen molar-refractivity contribution in [3.8, 4) is 0 Å². The van der Waals surface area contributed by atoms with Crippen molar-refractivity contribution in [1.29, 1.82) is 0 Å². The highest BCUT2D eigenvalue weighted by molar-refractivity contribution is 7.45. The quantitative estimate of drug-likeness (QED) is 0.480. The molecule has 0 rings (SSSR count). The number of hydrogen-bond donors (Lipinski definition) is 3. The first kappa shape index (κ1) is 22.6. The molecule has 4 unspecified atom stereocenters. The van der Waals surface area contributed by atoms with E-state index in [1.54, 1.807) is 18.5 Å². The van der Waals surface area contributed by atoms with E-state index in [1.807, 2.05) is 27.7 Å². The number of carbonyl (C=O) groups excluding carboxylic acids is 1. The maximum atomic E-state index is 13.1. The number of nitrogens with two attached hydrogens (primary N) is 1. The first-order valence-corrected chi connectivity index (χ1v) is 9.30. The van der Waals surface area contributed by atoms with Crippen LogP contribution in [0.15, 0.2) is 0 Å². The smallest absolute Gasteiger partial charge is 0.393 e. The normalized spacial score (nSPS) is 18.2. The Morgan fingerprint density at radius 2 is 1.74 bits per heavy atom. The third-order valence-electron chi connectivity index (χ3n) is 3.68. The van der Waals surface area contributed by atoms with Crippen molar-refractivity contribution in [3.05, 3.63) is 0 Å². The van der Waals surface area contributed by atoms with Crippen LogP contribution in [0.2, 0.25) is 0 Å². The van der Waals surface area contributed by atoms with E-state index in [-0.39, 0.29) is 25.1 Å². The fourth-order valence-corrected chi connectivity index (χ4v) is 4.47. The zero-order valence-electron chi connectivity index (χ0n) is 15.0. The second-order valence-corrected chi connectivity index (χ2v) is 7.76. The molecule has 0 radical (unpaired) electrons. The van der Waals surface area contributed by atoms with Gasteiger partial charge in [-0.2, -0.15) is 0 Å². The zero-order chi connectivity index (χ0) is 18.4. The zero-order valence-corrected chi connectivity index (χ0v) is 15.9. The van der Waals surface area contributed by atoms with E-state index in [9.17, 15) is 19.6 Å². The second kappa shape index (κ2) is 9.77. The van der Waals surface area contributed by atoms with Gasteiger partial charge in [-0.15, -0.1) is 0 Å². The molecule has 0 aromatic carbocycles. The maximum absolute atomic E-state index is 13.1. The minimum Gasteiger partial charge on any atom is -0.393 e. The predicted octanol–water partition coefficient (Wildman–Crippen LogP) is 1.24. The third kappa shape index (κ3) is 5.02. The number of aliphatic hydroxyl groups is 2. The summed E-state index contributed by atoms with van der Waals surface area (Å²) in [5.41, 5.74) is 5.79. The Morgan fingerprint density at radius 3 is 2.04 bits per heavy atom. The summed E-state index contributed by atoms with van der Waals surface area (Å²) in [6, 6.07) is -1.32. The van der Waals surface area contributed by atoms with Crippen molar-refractivity contribution >= 4 is 13.7 Å². The molecule has 0 aromatic heterocycles. The minimum absolute atomic E-state index is 0.161. The molecule has 4 N–H and O–H groups in total. The summed E-state index contributed by atoms with van der Waals surface area (Å²) in [5.74, 6) is -0.764. The third-order valence-corrected chi connectivity index (χ3v) is 6.12. The van der Waals surface area contributed by atoms with Crippen LogP contribution in [0.4, 0.5) is 0 Å². The van der Waals surface area contributed by atoms with E-state index in [2.05, 4.69) is 0 Å². The molecule has 0 saturated carbocycles. The Morgan fingerprint density at radius 1 is 1.26 bits per heavy atom. The van der Waals surface area contributed by atoms with Gasteiger partial charge in [0.25, 0.3) is 0 Å². The Labute approximate surface area is 140 Å². The second-order valence-electron chi connectivity index (χ2n) is 6.07. The summed E-state index contributed by atoms with van der Waals surface area (Å²) in [6.45, 7) is 10.2. The molecule has 0 bridgehead atoms. The highest BCUT2D eigenvalue weighted by atomic mass is 31.1. The number of aliphatic hydroxyl groups excluding tert-OH is 1. The van der Waals surface area contributed by atoms with Gasteiger partial charge >= 0.3 is 13.3 Å². The molecular weight excluding hydrogens is 319 g/mol. The Balaban J connectivity index is 6.02. The van der Waals surface area contributed by atoms with Crippen molar-refractivity contribution in [1.82, 2.24) is 4.67 Å². The van der Waals surface area contributed by atoms with Gasteiger partial charge in [0.2, 0.25) is 5.78 Å². The molecule has 0 aliphatic heterocycles. The first-order valence-electron chi connectivity index (χ1n) is 8.09. The molecule has 0 aromatic rings. The van der Waals surface area contributed by atoms with Gasteiger partial charge in [-0.1, -0.05) is 11.6 Å². The van der Waals surface area contributed by atoms with Crippen LogP contribution in [0, 0.1) is 0 Å². The van der Waals surface area contributed by atoms with Crippen LogP contribution in [-0.4, -0.2) is 63.5 Å². The molecule has 0 aliphatic rings. The van der Waals surface area contributed by atoms with Crippen LogP contribution in [0.1, 0.15) is 48.0 Å². The van der Waals surface area contributed by atoms with Crippen LogP contribution in [0.5, 0.6) is 0 Å². The molecule has 7 nitrogen and oxygen atoms in total. The summed E-state index contributed by atoms with van der Waals surface area (Å²) in [6.07, 6.45) is -1.00. The number of hydrogen-bond acceptors (Lipinski definition) is 6. The molecule has 4 atom stereocenters. The summed E-state index contributed by atoms with van der Waals surface area (Å²) >= 11 is 0. The summed E-state index contributed by atoms with van der Waals surface area (Å²) in [7, 11) is -2.58. The molecule has 0 spiro atoms. The standard InChI is InChI=1S/C15H32N2O5P/c1-7-12(16)14(19)15(20,13(9-18)22-8-2)23(21)17(10(3)4)11(5)6/h10-13,18,20H,7-9,16H2,1-6H3/q+1.